The van der Waals surface area contributed by atoms with E-state index in [0.29, 0.717) is 29.3 Å². The van der Waals surface area contributed by atoms with Crippen LogP contribution < -0.4 is 4.90 Å². The number of thiophene rings is 1. The highest BCUT2D eigenvalue weighted by Gasteiger charge is 2.26. The van der Waals surface area contributed by atoms with Gasteiger partial charge in [-0.2, -0.15) is 0 Å². The number of aromatic carboxylic acids is 1. The maximum absolute atomic E-state index is 11.9. The summed E-state index contributed by atoms with van der Waals surface area (Å²) in [4.78, 5) is 36.0. The third-order valence-electron chi connectivity index (χ3n) is 3.66. The first kappa shape index (κ1) is 13.7. The van der Waals surface area contributed by atoms with Crippen molar-refractivity contribution in [2.75, 3.05) is 31.6 Å². The Labute approximate surface area is 124 Å². The normalized spacial score (nSPS) is 15.8. The van der Waals surface area contributed by atoms with Gasteiger partial charge in [0.05, 0.1) is 11.9 Å². The maximum Gasteiger partial charge on any atom is 0.346 e. The van der Waals surface area contributed by atoms with E-state index in [1.54, 1.807) is 18.9 Å². The van der Waals surface area contributed by atoms with Gasteiger partial charge >= 0.3 is 5.97 Å². The Hall–Kier alpha value is -2.22. The number of fused-ring (bicyclic) bond motifs is 1. The Morgan fingerprint density at radius 3 is 2.81 bits per heavy atom. The lowest BCUT2D eigenvalue weighted by molar-refractivity contribution is -0.129. The minimum absolute atomic E-state index is 0.0272. The molecule has 0 aliphatic carbocycles. The predicted molar refractivity (Wildman–Crippen MR) is 79.0 cm³/mol. The molecule has 21 heavy (non-hydrogen) atoms. The quantitative estimate of drug-likeness (QED) is 0.890. The minimum atomic E-state index is -0.962. The van der Waals surface area contributed by atoms with Crippen LogP contribution in [0.15, 0.2) is 6.33 Å². The van der Waals surface area contributed by atoms with Crippen LogP contribution in [0.25, 0.3) is 10.2 Å². The number of rotatable bonds is 2. The molecule has 3 heterocycles. The van der Waals surface area contributed by atoms with E-state index in [1.165, 1.54) is 6.33 Å². The number of nitrogens with zero attached hydrogens (tertiary/aromatic N) is 4. The molecule has 0 spiro atoms. The van der Waals surface area contributed by atoms with Gasteiger partial charge in [0.15, 0.2) is 0 Å². The van der Waals surface area contributed by atoms with E-state index in [2.05, 4.69) is 9.97 Å². The number of likely N-dealkylation sites (N-methyl/N-ethyl adjacent to an activating group) is 1. The lowest BCUT2D eigenvalue weighted by Gasteiger charge is -2.33. The highest BCUT2D eigenvalue weighted by molar-refractivity contribution is 7.20. The smallest absolute Gasteiger partial charge is 0.346 e. The summed E-state index contributed by atoms with van der Waals surface area (Å²) < 4.78 is 0. The van der Waals surface area contributed by atoms with E-state index >= 15 is 0 Å². The van der Waals surface area contributed by atoms with Gasteiger partial charge in [0, 0.05) is 20.1 Å². The van der Waals surface area contributed by atoms with E-state index in [9.17, 15) is 14.7 Å². The highest BCUT2D eigenvalue weighted by atomic mass is 32.1. The number of amides is 1. The number of aryl methyl sites for hydroxylation is 1. The van der Waals surface area contributed by atoms with Gasteiger partial charge in [0.2, 0.25) is 5.91 Å². The molecule has 1 amide bonds. The first-order valence-electron chi connectivity index (χ1n) is 6.45. The van der Waals surface area contributed by atoms with E-state index in [4.69, 9.17) is 0 Å². The number of hydrogen-bond acceptors (Lipinski definition) is 6. The second-order valence-corrected chi connectivity index (χ2v) is 5.97. The summed E-state index contributed by atoms with van der Waals surface area (Å²) in [6.07, 6.45) is 1.42. The van der Waals surface area contributed by atoms with Crippen LogP contribution in [0, 0.1) is 6.92 Å². The average molecular weight is 306 g/mol. The molecule has 1 saturated heterocycles. The van der Waals surface area contributed by atoms with E-state index in [-0.39, 0.29) is 17.3 Å². The minimum Gasteiger partial charge on any atom is -0.477 e. The van der Waals surface area contributed by atoms with Crippen molar-refractivity contribution >= 4 is 39.2 Å². The fourth-order valence-electron chi connectivity index (χ4n) is 2.44. The van der Waals surface area contributed by atoms with E-state index in [1.807, 2.05) is 4.90 Å². The van der Waals surface area contributed by atoms with Crippen molar-refractivity contribution in [2.24, 2.45) is 0 Å². The third kappa shape index (κ3) is 2.21. The van der Waals surface area contributed by atoms with Gasteiger partial charge in [-0.3, -0.25) is 4.79 Å². The number of hydrogen-bond donors (Lipinski definition) is 1. The molecule has 0 atom stereocenters. The van der Waals surface area contributed by atoms with Crippen LogP contribution in [-0.4, -0.2) is 58.5 Å². The Morgan fingerprint density at radius 2 is 2.14 bits per heavy atom. The summed E-state index contributed by atoms with van der Waals surface area (Å²) in [6, 6.07) is 0. The first-order chi connectivity index (χ1) is 9.99. The van der Waals surface area contributed by atoms with Crippen LogP contribution in [0.3, 0.4) is 0 Å². The Balaban J connectivity index is 2.11. The van der Waals surface area contributed by atoms with Crippen molar-refractivity contribution in [3.63, 3.8) is 0 Å². The van der Waals surface area contributed by atoms with Crippen molar-refractivity contribution in [2.45, 2.75) is 6.92 Å². The number of anilines is 1. The zero-order valence-electron chi connectivity index (χ0n) is 11.7. The number of piperazine rings is 1. The molecule has 1 N–H and O–H groups in total. The molecule has 3 rings (SSSR count). The van der Waals surface area contributed by atoms with Crippen molar-refractivity contribution < 1.29 is 14.7 Å². The van der Waals surface area contributed by atoms with Crippen molar-refractivity contribution in [1.82, 2.24) is 14.9 Å². The van der Waals surface area contributed by atoms with Crippen molar-refractivity contribution in [1.29, 1.82) is 0 Å². The van der Waals surface area contributed by atoms with Crippen LogP contribution in [0.5, 0.6) is 0 Å². The molecule has 110 valence electrons. The van der Waals surface area contributed by atoms with Crippen LogP contribution in [0.2, 0.25) is 0 Å². The van der Waals surface area contributed by atoms with Gasteiger partial charge in [0.1, 0.15) is 21.9 Å². The van der Waals surface area contributed by atoms with Gasteiger partial charge in [-0.15, -0.1) is 11.3 Å². The van der Waals surface area contributed by atoms with E-state index in [0.717, 1.165) is 16.7 Å². The van der Waals surface area contributed by atoms with Crippen LogP contribution in [0.1, 0.15) is 15.2 Å². The number of carboxylic acids is 1. The topological polar surface area (TPSA) is 86.6 Å². The largest absolute Gasteiger partial charge is 0.477 e. The molecule has 0 saturated carbocycles. The molecule has 0 bridgehead atoms. The molecule has 8 heteroatoms. The van der Waals surface area contributed by atoms with Crippen LogP contribution >= 0.6 is 11.3 Å². The number of carboxylic acid groups (broad SMARTS) is 1. The molecule has 7 nitrogen and oxygen atoms in total. The highest BCUT2D eigenvalue weighted by Crippen LogP contribution is 2.35. The summed E-state index contributed by atoms with van der Waals surface area (Å²) in [7, 11) is 1.77. The predicted octanol–water partition coefficient (Wildman–Crippen LogP) is 0.976. The number of aromatic nitrogens is 2. The molecule has 0 unspecified atom stereocenters. The average Bonchev–Trinajstić information content (AvgIpc) is 2.80. The molecule has 1 aliphatic rings. The van der Waals surface area contributed by atoms with Gasteiger partial charge in [-0.1, -0.05) is 0 Å². The van der Waals surface area contributed by atoms with Gasteiger partial charge in [-0.25, -0.2) is 14.8 Å². The molecule has 2 aromatic rings. The molecule has 0 radical (unpaired) electrons. The van der Waals surface area contributed by atoms with Gasteiger partial charge in [-0.05, 0) is 12.5 Å². The second-order valence-electron chi connectivity index (χ2n) is 4.98. The van der Waals surface area contributed by atoms with Crippen molar-refractivity contribution in [3.05, 3.63) is 16.8 Å². The molecule has 0 aromatic carbocycles. The van der Waals surface area contributed by atoms with Crippen molar-refractivity contribution in [3.8, 4) is 0 Å². The zero-order chi connectivity index (χ0) is 15.1. The lowest BCUT2D eigenvalue weighted by atomic mass is 10.2. The Bertz CT molecular complexity index is 742. The standard InChI is InChI=1S/C13H14N4O3S/c1-7-9-11(17-4-3-16(2)8(18)5-17)14-6-15-12(9)21-10(7)13(19)20/h6H,3-5H2,1-2H3,(H,19,20). The van der Waals surface area contributed by atoms with E-state index < -0.39 is 5.97 Å². The monoisotopic (exact) mass is 306 g/mol. The molecule has 1 aliphatic heterocycles. The SMILES string of the molecule is Cc1c(C(=O)O)sc2ncnc(N3CCN(C)C(=O)C3)c12. The zero-order valence-corrected chi connectivity index (χ0v) is 12.5. The fraction of sp³-hybridized carbons (Fsp3) is 0.385. The summed E-state index contributed by atoms with van der Waals surface area (Å²) in [5.74, 6) is -0.294. The third-order valence-corrected chi connectivity index (χ3v) is 4.85. The maximum atomic E-state index is 11.9. The number of carbonyl (C=O) groups is 2. The summed E-state index contributed by atoms with van der Waals surface area (Å²) in [5, 5.41) is 9.97. The molecular weight excluding hydrogens is 292 g/mol. The summed E-state index contributed by atoms with van der Waals surface area (Å²) in [6.45, 7) is 3.30. The van der Waals surface area contributed by atoms with Crippen LogP contribution in [-0.2, 0) is 4.79 Å². The Morgan fingerprint density at radius 1 is 1.38 bits per heavy atom. The molecule has 1 fully saturated rings. The first-order valence-corrected chi connectivity index (χ1v) is 7.27. The lowest BCUT2D eigenvalue weighted by Crippen LogP contribution is -2.48. The Kier molecular flexibility index (Phi) is 3.25. The number of carbonyl (C=O) groups excluding carboxylic acids is 1. The summed E-state index contributed by atoms with van der Waals surface area (Å²) >= 11 is 1.14. The summed E-state index contributed by atoms with van der Waals surface area (Å²) in [5.41, 5.74) is 0.657. The second kappa shape index (κ2) is 4.96. The molecule has 2 aromatic heterocycles. The fourth-order valence-corrected chi connectivity index (χ4v) is 3.42. The molecular formula is C13H14N4O3S. The van der Waals surface area contributed by atoms with Crippen LogP contribution in [0.4, 0.5) is 5.82 Å². The van der Waals surface area contributed by atoms with Gasteiger partial charge < -0.3 is 14.9 Å². The van der Waals surface area contributed by atoms with Gasteiger partial charge in [0.25, 0.3) is 0 Å².